The van der Waals surface area contributed by atoms with Crippen molar-refractivity contribution in [3.63, 3.8) is 0 Å². The maximum Gasteiger partial charge on any atom is 0.238 e. The molecule has 0 spiro atoms. The molecule has 0 atom stereocenters. The van der Waals surface area contributed by atoms with Crippen molar-refractivity contribution < 1.29 is 18.6 Å². The topological polar surface area (TPSA) is 77.0 Å². The molecule has 5 aromatic carbocycles. The summed E-state index contributed by atoms with van der Waals surface area (Å²) in [6.45, 7) is 0.351. The summed E-state index contributed by atoms with van der Waals surface area (Å²) in [7, 11) is 3.23. The summed E-state index contributed by atoms with van der Waals surface area (Å²) >= 11 is 6.06. The van der Waals surface area contributed by atoms with Crippen LogP contribution in [0.1, 0.15) is 16.7 Å². The summed E-state index contributed by atoms with van der Waals surface area (Å²) < 4.78 is 23.3. The van der Waals surface area contributed by atoms with E-state index in [4.69, 9.17) is 35.2 Å². The van der Waals surface area contributed by atoms with Crippen molar-refractivity contribution in [3.8, 4) is 45.8 Å². The van der Waals surface area contributed by atoms with E-state index in [1.165, 1.54) is 0 Å². The molecule has 0 aliphatic heterocycles. The fourth-order valence-electron chi connectivity index (χ4n) is 4.99. The molecule has 0 radical (unpaired) electrons. The number of methoxy groups -OCH3 is 2. The van der Waals surface area contributed by atoms with Gasteiger partial charge in [-0.2, -0.15) is 5.26 Å². The first-order valence-corrected chi connectivity index (χ1v) is 14.2. The van der Waals surface area contributed by atoms with Crippen LogP contribution >= 0.6 is 11.6 Å². The molecule has 7 heteroatoms. The molecule has 44 heavy (non-hydrogen) atoms. The molecule has 0 unspecified atom stereocenters. The van der Waals surface area contributed by atoms with Gasteiger partial charge in [0.2, 0.25) is 5.88 Å². The second-order valence-corrected chi connectivity index (χ2v) is 10.4. The lowest BCUT2D eigenvalue weighted by atomic mass is 9.98. The lowest BCUT2D eigenvalue weighted by Gasteiger charge is -2.12. The molecule has 0 fully saturated rings. The van der Waals surface area contributed by atoms with E-state index < -0.39 is 0 Å². The van der Waals surface area contributed by atoms with Gasteiger partial charge in [-0.3, -0.25) is 0 Å². The molecule has 216 valence electrons. The maximum absolute atomic E-state index is 10.4. The minimum Gasteiger partial charge on any atom is -0.497 e. The van der Waals surface area contributed by atoms with Crippen LogP contribution in [0.4, 0.5) is 5.88 Å². The molecular formula is C37H27ClN2O4. The predicted molar refractivity (Wildman–Crippen MR) is 174 cm³/mol. The van der Waals surface area contributed by atoms with Crippen molar-refractivity contribution in [1.82, 2.24) is 0 Å². The Bertz CT molecular complexity index is 1990. The molecule has 0 amide bonds. The highest BCUT2D eigenvalue weighted by atomic mass is 35.5. The Labute approximate surface area is 260 Å². The summed E-state index contributed by atoms with van der Waals surface area (Å²) in [6.07, 6.45) is 1.70. The van der Waals surface area contributed by atoms with E-state index >= 15 is 0 Å². The van der Waals surface area contributed by atoms with E-state index in [1.807, 2.05) is 109 Å². The number of nitriles is 1. The van der Waals surface area contributed by atoms with Crippen LogP contribution in [0.3, 0.4) is 0 Å². The largest absolute Gasteiger partial charge is 0.497 e. The number of nitrogens with zero attached hydrogens (tertiary/aromatic N) is 2. The lowest BCUT2D eigenvalue weighted by molar-refractivity contribution is 0.306. The molecule has 6 nitrogen and oxygen atoms in total. The zero-order valence-electron chi connectivity index (χ0n) is 24.1. The second-order valence-electron chi connectivity index (χ2n) is 9.93. The third kappa shape index (κ3) is 5.87. The van der Waals surface area contributed by atoms with Crippen LogP contribution < -0.4 is 14.2 Å². The van der Waals surface area contributed by atoms with Gasteiger partial charge in [-0.1, -0.05) is 66.2 Å². The highest BCUT2D eigenvalue weighted by Crippen LogP contribution is 2.43. The number of furan rings is 1. The van der Waals surface area contributed by atoms with Crippen LogP contribution in [0.25, 0.3) is 33.2 Å². The Balaban J connectivity index is 1.46. The monoisotopic (exact) mass is 598 g/mol. The van der Waals surface area contributed by atoms with Crippen LogP contribution in [-0.2, 0) is 6.61 Å². The van der Waals surface area contributed by atoms with Crippen molar-refractivity contribution in [1.29, 1.82) is 5.26 Å². The molecule has 0 bridgehead atoms. The Morgan fingerprint density at radius 2 is 1.45 bits per heavy atom. The number of fused-ring (bicyclic) bond motifs is 1. The minimum atomic E-state index is 0.195. The fraction of sp³-hybridized carbons (Fsp3) is 0.0811. The van der Waals surface area contributed by atoms with Crippen LogP contribution in [0, 0.1) is 11.3 Å². The number of aliphatic imine (C=N–C) groups is 1. The maximum atomic E-state index is 10.4. The Hall–Kier alpha value is -5.51. The molecule has 1 aromatic heterocycles. The predicted octanol–water partition coefficient (Wildman–Crippen LogP) is 9.64. The normalized spacial score (nSPS) is 11.0. The summed E-state index contributed by atoms with van der Waals surface area (Å²) in [5.74, 6) is 2.80. The van der Waals surface area contributed by atoms with E-state index in [2.05, 4.69) is 6.07 Å². The number of hydrogen-bond acceptors (Lipinski definition) is 6. The van der Waals surface area contributed by atoms with Crippen molar-refractivity contribution in [2.24, 2.45) is 4.99 Å². The first-order chi connectivity index (χ1) is 21.6. The number of hydrogen-bond donors (Lipinski definition) is 0. The molecule has 0 aliphatic carbocycles. The first kappa shape index (κ1) is 28.6. The Morgan fingerprint density at radius 3 is 2.11 bits per heavy atom. The lowest BCUT2D eigenvalue weighted by Crippen LogP contribution is -1.99. The molecule has 0 N–H and O–H groups in total. The van der Waals surface area contributed by atoms with Gasteiger partial charge in [0, 0.05) is 27.9 Å². The average Bonchev–Trinajstić information content (AvgIpc) is 3.45. The summed E-state index contributed by atoms with van der Waals surface area (Å²) in [5, 5.41) is 13.1. The zero-order chi connectivity index (χ0) is 30.5. The van der Waals surface area contributed by atoms with E-state index in [9.17, 15) is 5.26 Å². The average molecular weight is 599 g/mol. The van der Waals surface area contributed by atoms with Crippen molar-refractivity contribution in [2.75, 3.05) is 14.2 Å². The van der Waals surface area contributed by atoms with Crippen molar-refractivity contribution >= 4 is 34.5 Å². The van der Waals surface area contributed by atoms with Gasteiger partial charge in [0.25, 0.3) is 0 Å². The van der Waals surface area contributed by atoms with Crippen molar-refractivity contribution in [3.05, 3.63) is 131 Å². The SMILES string of the molecule is COc1ccc(-c2oc(N=Cc3c(OCc4ccc(Cl)cc4)ccc4ccccc34)c(C#N)c2-c2ccc(OC)cc2)cc1. The van der Waals surface area contributed by atoms with Crippen LogP contribution in [0.15, 0.2) is 119 Å². The smallest absolute Gasteiger partial charge is 0.238 e. The molecule has 0 saturated carbocycles. The summed E-state index contributed by atoms with van der Waals surface area (Å²) in [6, 6.07) is 36.8. The first-order valence-electron chi connectivity index (χ1n) is 13.9. The Morgan fingerprint density at radius 1 is 0.795 bits per heavy atom. The van der Waals surface area contributed by atoms with Gasteiger partial charge in [-0.05, 0) is 76.5 Å². The second kappa shape index (κ2) is 12.8. The zero-order valence-corrected chi connectivity index (χ0v) is 24.8. The van der Waals surface area contributed by atoms with Gasteiger partial charge < -0.3 is 18.6 Å². The standard InChI is InChI=1S/C37H27ClN2O4/c1-41-29-16-9-26(10-17-29)35-32(21-39)37(44-36(35)27-11-18-30(42-2)19-12-27)40-22-33-31-6-4-3-5-25(31)13-20-34(33)43-23-24-7-14-28(38)15-8-24/h3-20,22H,23H2,1-2H3. The molecule has 6 rings (SSSR count). The van der Waals surface area contributed by atoms with Gasteiger partial charge in [-0.25, -0.2) is 4.99 Å². The quantitative estimate of drug-likeness (QED) is 0.155. The highest BCUT2D eigenvalue weighted by molar-refractivity contribution is 6.30. The number of halogens is 1. The van der Waals surface area contributed by atoms with Gasteiger partial charge in [0.1, 0.15) is 41.2 Å². The van der Waals surface area contributed by atoms with Crippen LogP contribution in [-0.4, -0.2) is 20.4 Å². The third-order valence-electron chi connectivity index (χ3n) is 7.28. The van der Waals surface area contributed by atoms with Crippen molar-refractivity contribution in [2.45, 2.75) is 6.61 Å². The van der Waals surface area contributed by atoms with Gasteiger partial charge in [0.05, 0.1) is 14.2 Å². The number of benzene rings is 5. The Kier molecular flexibility index (Phi) is 8.31. The molecule has 0 aliphatic rings. The van der Waals surface area contributed by atoms with Gasteiger partial charge in [0.15, 0.2) is 0 Å². The summed E-state index contributed by atoms with van der Waals surface area (Å²) in [4.78, 5) is 4.76. The van der Waals surface area contributed by atoms with Crippen LogP contribution in [0.5, 0.6) is 17.2 Å². The van der Waals surface area contributed by atoms with E-state index in [0.717, 1.165) is 33.0 Å². The fourth-order valence-corrected chi connectivity index (χ4v) is 5.12. The van der Waals surface area contributed by atoms with Gasteiger partial charge >= 0.3 is 0 Å². The highest BCUT2D eigenvalue weighted by Gasteiger charge is 2.23. The molecule has 6 aromatic rings. The number of rotatable bonds is 9. The van der Waals surface area contributed by atoms with Gasteiger partial charge in [-0.15, -0.1) is 0 Å². The van der Waals surface area contributed by atoms with Crippen LogP contribution in [0.2, 0.25) is 5.02 Å². The molecule has 1 heterocycles. The number of ether oxygens (including phenoxy) is 3. The third-order valence-corrected chi connectivity index (χ3v) is 7.53. The van der Waals surface area contributed by atoms with E-state index in [0.29, 0.717) is 45.8 Å². The molecule has 0 saturated heterocycles. The summed E-state index contributed by atoms with van der Waals surface area (Å²) in [5.41, 5.74) is 4.30. The molecular weight excluding hydrogens is 572 g/mol. The minimum absolute atomic E-state index is 0.195. The van der Waals surface area contributed by atoms with E-state index in [-0.39, 0.29) is 5.88 Å². The van der Waals surface area contributed by atoms with E-state index in [1.54, 1.807) is 20.4 Å².